The highest BCUT2D eigenvalue weighted by Gasteiger charge is 2.16. The number of methoxy groups -OCH3 is 1. The van der Waals surface area contributed by atoms with Gasteiger partial charge in [0.05, 0.1) is 12.7 Å². The summed E-state index contributed by atoms with van der Waals surface area (Å²) in [5.74, 6) is -0.179. The number of ketones is 1. The van der Waals surface area contributed by atoms with Crippen molar-refractivity contribution in [3.05, 3.63) is 65.0 Å². The van der Waals surface area contributed by atoms with Crippen molar-refractivity contribution in [2.45, 2.75) is 20.3 Å². The number of ether oxygens (including phenoxy) is 1. The number of phenols is 2. The number of carbonyl (C=O) groups is 1. The molecule has 2 rings (SSSR count). The lowest BCUT2D eigenvalue weighted by Gasteiger charge is -2.13. The van der Waals surface area contributed by atoms with Crippen LogP contribution in [0.15, 0.2) is 48.2 Å². The Balaban J connectivity index is 0.00000338. The second kappa shape index (κ2) is 9.63. The maximum Gasteiger partial charge on any atom is 0.204 e. The molecule has 6 heteroatoms. The summed E-state index contributed by atoms with van der Waals surface area (Å²) in [7, 11) is 1.43. The molecule has 0 aliphatic carbocycles. The van der Waals surface area contributed by atoms with Crippen LogP contribution >= 0.6 is 12.4 Å². The molecule has 0 aliphatic heterocycles. The molecule has 0 spiro atoms. The van der Waals surface area contributed by atoms with Gasteiger partial charge >= 0.3 is 0 Å². The molecule has 0 unspecified atom stereocenters. The fraction of sp³-hybridized carbons (Fsp3) is 0.200. The lowest BCUT2D eigenvalue weighted by molar-refractivity contribution is 0.104. The molecule has 0 atom stereocenters. The molecule has 0 radical (unpaired) electrons. The minimum absolute atomic E-state index is 0. The van der Waals surface area contributed by atoms with Gasteiger partial charge in [-0.25, -0.2) is 0 Å². The molecule has 26 heavy (non-hydrogen) atoms. The summed E-state index contributed by atoms with van der Waals surface area (Å²) in [5.41, 5.74) is 2.09. The van der Waals surface area contributed by atoms with E-state index < -0.39 is 0 Å². The lowest BCUT2D eigenvalue weighted by atomic mass is 10.0. The van der Waals surface area contributed by atoms with E-state index in [0.29, 0.717) is 23.2 Å². The van der Waals surface area contributed by atoms with Gasteiger partial charge in [-0.05, 0) is 44.6 Å². The molecule has 2 aromatic rings. The van der Waals surface area contributed by atoms with Crippen molar-refractivity contribution in [1.29, 1.82) is 0 Å². The highest BCUT2D eigenvalue weighted by molar-refractivity contribution is 6.05. The monoisotopic (exact) mass is 375 g/mol. The second-order valence-corrected chi connectivity index (χ2v) is 5.74. The maximum absolute atomic E-state index is 12.2. The Bertz CT molecular complexity index is 825. The number of aromatic nitrogens is 1. The number of benzene rings is 1. The number of phenolic OH excluding ortho intramolecular Hbond substituents is 2. The van der Waals surface area contributed by atoms with Gasteiger partial charge in [0.1, 0.15) is 22.9 Å². The van der Waals surface area contributed by atoms with E-state index in [2.05, 4.69) is 4.98 Å². The molecule has 1 aromatic heterocycles. The average Bonchev–Trinajstić information content (AvgIpc) is 2.60. The van der Waals surface area contributed by atoms with Crippen LogP contribution in [0.1, 0.15) is 35.5 Å². The van der Waals surface area contributed by atoms with Gasteiger partial charge in [0, 0.05) is 17.8 Å². The average molecular weight is 376 g/mol. The lowest BCUT2D eigenvalue weighted by Crippen LogP contribution is -1.98. The van der Waals surface area contributed by atoms with E-state index in [4.69, 9.17) is 4.74 Å². The number of allylic oxidation sites excluding steroid dienone is 3. The zero-order chi connectivity index (χ0) is 18.4. The van der Waals surface area contributed by atoms with Crippen molar-refractivity contribution >= 4 is 24.3 Å². The van der Waals surface area contributed by atoms with Crippen LogP contribution in [0.2, 0.25) is 0 Å². The minimum atomic E-state index is -0.291. The first-order valence-corrected chi connectivity index (χ1v) is 7.82. The smallest absolute Gasteiger partial charge is 0.204 e. The molecule has 1 aromatic carbocycles. The van der Waals surface area contributed by atoms with Gasteiger partial charge in [0.15, 0.2) is 0 Å². The van der Waals surface area contributed by atoms with Crippen LogP contribution in [-0.4, -0.2) is 28.1 Å². The van der Waals surface area contributed by atoms with E-state index in [0.717, 1.165) is 5.57 Å². The standard InChI is InChI=1S/C20H21NO4.ClH/c1-13(2)7-8-14-18(23)12-19(25-3)15(20(14)24)9-10-17(22)16-6-4-5-11-21-16;/h4-7,9-12,23-24H,8H2,1-3H3;1H. The van der Waals surface area contributed by atoms with Crippen molar-refractivity contribution in [1.82, 2.24) is 4.98 Å². The second-order valence-electron chi connectivity index (χ2n) is 5.74. The third kappa shape index (κ3) is 5.10. The number of hydrogen-bond donors (Lipinski definition) is 2. The summed E-state index contributed by atoms with van der Waals surface area (Å²) in [6.45, 7) is 3.87. The van der Waals surface area contributed by atoms with Gasteiger partial charge in [0.2, 0.25) is 5.78 Å². The molecule has 0 amide bonds. The summed E-state index contributed by atoms with van der Waals surface area (Å²) < 4.78 is 5.21. The molecule has 0 saturated heterocycles. The van der Waals surface area contributed by atoms with Crippen molar-refractivity contribution in [2.24, 2.45) is 0 Å². The van der Waals surface area contributed by atoms with Gasteiger partial charge in [-0.15, -0.1) is 12.4 Å². The van der Waals surface area contributed by atoms with Gasteiger partial charge in [-0.1, -0.05) is 17.7 Å². The maximum atomic E-state index is 12.2. The first-order valence-electron chi connectivity index (χ1n) is 7.82. The molecular formula is C20H22ClNO4. The van der Waals surface area contributed by atoms with Gasteiger partial charge in [0.25, 0.3) is 0 Å². The van der Waals surface area contributed by atoms with Gasteiger partial charge < -0.3 is 14.9 Å². The largest absolute Gasteiger partial charge is 0.507 e. The third-order valence-corrected chi connectivity index (χ3v) is 3.64. The summed E-state index contributed by atoms with van der Waals surface area (Å²) in [6, 6.07) is 6.49. The molecule has 0 saturated carbocycles. The number of hydrogen-bond acceptors (Lipinski definition) is 5. The van der Waals surface area contributed by atoms with Crippen LogP contribution in [0.4, 0.5) is 0 Å². The van der Waals surface area contributed by atoms with E-state index in [1.807, 2.05) is 19.9 Å². The Morgan fingerprint density at radius 2 is 2.00 bits per heavy atom. The molecule has 0 aliphatic rings. The highest BCUT2D eigenvalue weighted by atomic mass is 35.5. The molecule has 2 N–H and O–H groups in total. The number of carbonyl (C=O) groups excluding carboxylic acids is 1. The summed E-state index contributed by atoms with van der Waals surface area (Å²) in [6.07, 6.45) is 6.60. The molecular weight excluding hydrogens is 354 g/mol. The topological polar surface area (TPSA) is 79.6 Å². The van der Waals surface area contributed by atoms with Crippen LogP contribution < -0.4 is 4.74 Å². The Morgan fingerprint density at radius 1 is 1.27 bits per heavy atom. The fourth-order valence-corrected chi connectivity index (χ4v) is 2.28. The zero-order valence-electron chi connectivity index (χ0n) is 14.9. The van der Waals surface area contributed by atoms with E-state index in [1.54, 1.807) is 18.2 Å². The molecule has 1 heterocycles. The van der Waals surface area contributed by atoms with Crippen molar-refractivity contribution in [2.75, 3.05) is 7.11 Å². The zero-order valence-corrected chi connectivity index (χ0v) is 15.7. The Kier molecular flexibility index (Phi) is 7.87. The number of pyridine rings is 1. The van der Waals surface area contributed by atoms with E-state index in [1.165, 1.54) is 31.5 Å². The Hall–Kier alpha value is -2.79. The highest BCUT2D eigenvalue weighted by Crippen LogP contribution is 2.39. The predicted octanol–water partition coefficient (Wildman–Crippen LogP) is 4.33. The van der Waals surface area contributed by atoms with E-state index in [9.17, 15) is 15.0 Å². The first-order chi connectivity index (χ1) is 11.9. The quantitative estimate of drug-likeness (QED) is 0.446. The molecule has 0 bridgehead atoms. The van der Waals surface area contributed by atoms with Crippen LogP contribution in [0.25, 0.3) is 6.08 Å². The van der Waals surface area contributed by atoms with E-state index >= 15 is 0 Å². The molecule has 0 fully saturated rings. The number of rotatable bonds is 6. The fourth-order valence-electron chi connectivity index (χ4n) is 2.28. The summed E-state index contributed by atoms with van der Waals surface area (Å²) >= 11 is 0. The Labute approximate surface area is 159 Å². The number of nitrogens with zero attached hydrogens (tertiary/aromatic N) is 1. The first kappa shape index (κ1) is 21.3. The van der Waals surface area contributed by atoms with Crippen LogP contribution in [0.3, 0.4) is 0 Å². The predicted molar refractivity (Wildman–Crippen MR) is 104 cm³/mol. The van der Waals surface area contributed by atoms with E-state index in [-0.39, 0.29) is 35.4 Å². The molecule has 5 nitrogen and oxygen atoms in total. The normalized spacial score (nSPS) is 10.3. The molecule has 138 valence electrons. The Morgan fingerprint density at radius 3 is 2.58 bits per heavy atom. The number of aromatic hydroxyl groups is 2. The summed E-state index contributed by atoms with van der Waals surface area (Å²) in [5, 5.41) is 20.7. The van der Waals surface area contributed by atoms with Crippen molar-refractivity contribution < 1.29 is 19.7 Å². The van der Waals surface area contributed by atoms with Gasteiger partial charge in [-0.3, -0.25) is 9.78 Å². The third-order valence-electron chi connectivity index (χ3n) is 3.64. The van der Waals surface area contributed by atoms with Crippen LogP contribution in [0.5, 0.6) is 17.2 Å². The minimum Gasteiger partial charge on any atom is -0.507 e. The van der Waals surface area contributed by atoms with Crippen LogP contribution in [-0.2, 0) is 6.42 Å². The summed E-state index contributed by atoms with van der Waals surface area (Å²) in [4.78, 5) is 16.2. The number of halogens is 1. The van der Waals surface area contributed by atoms with Crippen molar-refractivity contribution in [3.8, 4) is 17.2 Å². The van der Waals surface area contributed by atoms with Crippen LogP contribution in [0, 0.1) is 0 Å². The SMILES string of the molecule is COc1cc(O)c(CC=C(C)C)c(O)c1C=CC(=O)c1ccccn1.Cl. The van der Waals surface area contributed by atoms with Crippen molar-refractivity contribution in [3.63, 3.8) is 0 Å². The van der Waals surface area contributed by atoms with Gasteiger partial charge in [-0.2, -0.15) is 0 Å².